The average Bonchev–Trinajstić information content (AvgIpc) is 3.25. The van der Waals surface area contributed by atoms with Gasteiger partial charge in [-0.2, -0.15) is 11.8 Å². The minimum absolute atomic E-state index is 0.0544. The second-order valence-electron chi connectivity index (χ2n) is 12.4. The Morgan fingerprint density at radius 2 is 1.74 bits per heavy atom. The number of ether oxygens (including phenoxy) is 3. The van der Waals surface area contributed by atoms with Crippen LogP contribution in [0.2, 0.25) is 0 Å². The molecule has 0 amide bonds. The molecular weight excluding hydrogens is 512 g/mol. The van der Waals surface area contributed by atoms with Crippen molar-refractivity contribution in [3.05, 3.63) is 47.5 Å². The minimum Gasteiger partial charge on any atom is -0.469 e. The quantitative estimate of drug-likeness (QED) is 0.220. The molecule has 212 valence electrons. The molecule has 0 aromatic heterocycles. The fraction of sp³-hybridized carbons (Fsp3) is 0.656. The Bertz CT molecular complexity index is 1120. The first-order valence-corrected chi connectivity index (χ1v) is 15.5. The van der Waals surface area contributed by atoms with Crippen molar-refractivity contribution in [2.45, 2.75) is 89.6 Å². The molecule has 39 heavy (non-hydrogen) atoms. The zero-order chi connectivity index (χ0) is 27.8. The largest absolute Gasteiger partial charge is 0.469 e. The van der Waals surface area contributed by atoms with Crippen molar-refractivity contribution in [3.63, 3.8) is 0 Å². The van der Waals surface area contributed by atoms with E-state index in [2.05, 4.69) is 19.9 Å². The summed E-state index contributed by atoms with van der Waals surface area (Å²) < 4.78 is 16.8. The molecule has 1 aromatic carbocycles. The van der Waals surface area contributed by atoms with E-state index >= 15 is 0 Å². The number of hydrogen-bond acceptors (Lipinski definition) is 7. The SMILES string of the molecule is COC(=O)CCSC1C=C2C[C@@H](OC(C)=O)CC[C@]2(C)C2CC[C@@]3(C)C(CC[C@@H]3OC(=O)c3ccccc3)C12. The maximum atomic E-state index is 13.0. The summed E-state index contributed by atoms with van der Waals surface area (Å²) in [5.41, 5.74) is 2.05. The predicted octanol–water partition coefficient (Wildman–Crippen LogP) is 6.38. The highest BCUT2D eigenvalue weighted by Crippen LogP contribution is 2.66. The molecule has 6 nitrogen and oxygen atoms in total. The van der Waals surface area contributed by atoms with Crippen LogP contribution in [-0.4, -0.2) is 48.2 Å². The zero-order valence-electron chi connectivity index (χ0n) is 23.6. The van der Waals surface area contributed by atoms with Gasteiger partial charge >= 0.3 is 17.9 Å². The molecule has 4 aliphatic carbocycles. The Kier molecular flexibility index (Phi) is 8.19. The first-order valence-electron chi connectivity index (χ1n) is 14.5. The fourth-order valence-electron chi connectivity index (χ4n) is 8.38. The summed E-state index contributed by atoms with van der Waals surface area (Å²) in [5, 5.41) is 0.270. The van der Waals surface area contributed by atoms with Crippen LogP contribution in [0.5, 0.6) is 0 Å². The first-order chi connectivity index (χ1) is 18.7. The van der Waals surface area contributed by atoms with Crippen molar-refractivity contribution >= 4 is 29.7 Å². The third-order valence-corrected chi connectivity index (χ3v) is 11.7. The summed E-state index contributed by atoms with van der Waals surface area (Å²) >= 11 is 1.86. The van der Waals surface area contributed by atoms with Crippen molar-refractivity contribution in [2.24, 2.45) is 28.6 Å². The molecule has 0 spiro atoms. The van der Waals surface area contributed by atoms with Gasteiger partial charge in [0, 0.05) is 29.8 Å². The molecule has 4 unspecified atom stereocenters. The van der Waals surface area contributed by atoms with Crippen molar-refractivity contribution in [1.82, 2.24) is 0 Å². The highest BCUT2D eigenvalue weighted by Gasteiger charge is 2.61. The van der Waals surface area contributed by atoms with Gasteiger partial charge in [-0.05, 0) is 73.8 Å². The third kappa shape index (κ3) is 5.40. The van der Waals surface area contributed by atoms with Gasteiger partial charge in [0.15, 0.2) is 0 Å². The van der Waals surface area contributed by atoms with Gasteiger partial charge in [0.05, 0.1) is 19.1 Å². The molecule has 0 aliphatic heterocycles. The van der Waals surface area contributed by atoms with E-state index in [-0.39, 0.29) is 46.2 Å². The number of benzene rings is 1. The van der Waals surface area contributed by atoms with Gasteiger partial charge in [-0.25, -0.2) is 4.79 Å². The lowest BCUT2D eigenvalue weighted by atomic mass is 9.48. The lowest BCUT2D eigenvalue weighted by Gasteiger charge is -2.59. The number of fused-ring (bicyclic) bond motifs is 5. The van der Waals surface area contributed by atoms with Gasteiger partial charge in [-0.15, -0.1) is 0 Å². The van der Waals surface area contributed by atoms with Crippen LogP contribution in [0.1, 0.15) is 82.5 Å². The Morgan fingerprint density at radius 1 is 0.974 bits per heavy atom. The van der Waals surface area contributed by atoms with Crippen LogP contribution < -0.4 is 0 Å². The van der Waals surface area contributed by atoms with Crippen molar-refractivity contribution in [1.29, 1.82) is 0 Å². The number of methoxy groups -OCH3 is 1. The van der Waals surface area contributed by atoms with E-state index in [1.165, 1.54) is 19.6 Å². The number of thioether (sulfide) groups is 1. The molecule has 1 aromatic rings. The second-order valence-corrected chi connectivity index (χ2v) is 13.7. The smallest absolute Gasteiger partial charge is 0.338 e. The molecule has 4 aliphatic rings. The molecule has 0 saturated heterocycles. The number of hydrogen-bond donors (Lipinski definition) is 0. The van der Waals surface area contributed by atoms with Crippen LogP contribution in [0.4, 0.5) is 0 Å². The van der Waals surface area contributed by atoms with Crippen LogP contribution in [0.15, 0.2) is 42.0 Å². The van der Waals surface area contributed by atoms with Gasteiger partial charge in [-0.1, -0.05) is 43.7 Å². The summed E-state index contributed by atoms with van der Waals surface area (Å²) in [6.07, 6.45) is 9.52. The molecule has 3 saturated carbocycles. The minimum atomic E-state index is -0.227. The normalized spacial score (nSPS) is 37.0. The van der Waals surface area contributed by atoms with Crippen molar-refractivity contribution < 1.29 is 28.6 Å². The lowest BCUT2D eigenvalue weighted by Crippen LogP contribution is -2.55. The Labute approximate surface area is 236 Å². The standard InChI is InChI=1S/C32H42O6S/c1-20(33)37-23-12-15-31(2)22(18-23)19-26(39-17-14-28(34)36-4)29-24-10-11-27(32(24,3)16-13-25(29)31)38-30(35)21-8-6-5-7-9-21/h5-9,19,23-27,29H,10-18H2,1-4H3/t23-,24?,25?,26?,27-,29?,31-,32-/m0/s1. The van der Waals surface area contributed by atoms with Gasteiger partial charge in [0.25, 0.3) is 0 Å². The maximum absolute atomic E-state index is 13.0. The topological polar surface area (TPSA) is 78.9 Å². The molecule has 0 N–H and O–H groups in total. The van der Waals surface area contributed by atoms with E-state index < -0.39 is 0 Å². The van der Waals surface area contributed by atoms with Crippen molar-refractivity contribution in [3.8, 4) is 0 Å². The van der Waals surface area contributed by atoms with E-state index in [1.54, 1.807) is 0 Å². The van der Waals surface area contributed by atoms with Gasteiger partial charge in [0.1, 0.15) is 12.2 Å². The summed E-state index contributed by atoms with van der Waals surface area (Å²) in [4.78, 5) is 36.6. The van der Waals surface area contributed by atoms with E-state index in [9.17, 15) is 14.4 Å². The predicted molar refractivity (Wildman–Crippen MR) is 151 cm³/mol. The lowest BCUT2D eigenvalue weighted by molar-refractivity contribution is -0.148. The highest BCUT2D eigenvalue weighted by atomic mass is 32.2. The average molecular weight is 555 g/mol. The zero-order valence-corrected chi connectivity index (χ0v) is 24.5. The van der Waals surface area contributed by atoms with Crippen LogP contribution in [0.25, 0.3) is 0 Å². The highest BCUT2D eigenvalue weighted by molar-refractivity contribution is 8.00. The number of carbonyl (C=O) groups excluding carboxylic acids is 3. The molecular formula is C32H42O6S. The molecule has 7 heteroatoms. The molecule has 5 rings (SSSR count). The second kappa shape index (κ2) is 11.3. The van der Waals surface area contributed by atoms with Crippen LogP contribution >= 0.6 is 11.8 Å². The Balaban J connectivity index is 1.41. The Hall–Kier alpha value is -2.28. The molecule has 8 atom stereocenters. The van der Waals surface area contributed by atoms with Crippen LogP contribution in [-0.2, 0) is 23.8 Å². The summed E-state index contributed by atoms with van der Waals surface area (Å²) in [6, 6.07) is 9.30. The molecule has 0 radical (unpaired) electrons. The molecule has 0 heterocycles. The first kappa shape index (κ1) is 28.3. The molecule has 3 fully saturated rings. The van der Waals surface area contributed by atoms with Gasteiger partial charge in [-0.3, -0.25) is 9.59 Å². The fourth-order valence-corrected chi connectivity index (χ4v) is 9.80. The third-order valence-electron chi connectivity index (χ3n) is 10.4. The van der Waals surface area contributed by atoms with E-state index in [4.69, 9.17) is 14.2 Å². The maximum Gasteiger partial charge on any atom is 0.338 e. The van der Waals surface area contributed by atoms with Gasteiger partial charge < -0.3 is 14.2 Å². The summed E-state index contributed by atoms with van der Waals surface area (Å²) in [7, 11) is 1.44. The van der Waals surface area contributed by atoms with E-state index in [0.717, 1.165) is 44.9 Å². The Morgan fingerprint density at radius 3 is 2.46 bits per heavy atom. The number of rotatable bonds is 7. The van der Waals surface area contributed by atoms with Crippen LogP contribution in [0, 0.1) is 28.6 Å². The number of carbonyl (C=O) groups is 3. The summed E-state index contributed by atoms with van der Waals surface area (Å²) in [6.45, 7) is 6.27. The van der Waals surface area contributed by atoms with E-state index in [1.807, 2.05) is 42.1 Å². The van der Waals surface area contributed by atoms with E-state index in [0.29, 0.717) is 35.5 Å². The number of esters is 3. The van der Waals surface area contributed by atoms with Crippen molar-refractivity contribution in [2.75, 3.05) is 12.9 Å². The monoisotopic (exact) mass is 554 g/mol. The summed E-state index contributed by atoms with van der Waals surface area (Å²) in [5.74, 6) is 1.51. The van der Waals surface area contributed by atoms with Crippen LogP contribution in [0.3, 0.4) is 0 Å². The van der Waals surface area contributed by atoms with Gasteiger partial charge in [0.2, 0.25) is 0 Å². The molecule has 0 bridgehead atoms.